The minimum atomic E-state index is 0.0334. The van der Waals surface area contributed by atoms with Crippen LogP contribution in [0.15, 0.2) is 17.5 Å². The lowest BCUT2D eigenvalue weighted by atomic mass is 10.3. The first kappa shape index (κ1) is 13.7. The smallest absolute Gasteiger partial charge is 0.225 e. The first-order valence-electron chi connectivity index (χ1n) is 6.22. The van der Waals surface area contributed by atoms with Gasteiger partial charge in [0.1, 0.15) is 0 Å². The molecule has 2 aromatic rings. The number of thiophene rings is 1. The number of carbonyl (C=O) groups is 1. The fourth-order valence-electron chi connectivity index (χ4n) is 1.73. The van der Waals surface area contributed by atoms with Crippen LogP contribution in [0.3, 0.4) is 0 Å². The van der Waals surface area contributed by atoms with Gasteiger partial charge in [0.25, 0.3) is 0 Å². The second-order valence-electron chi connectivity index (χ2n) is 4.49. The molecule has 0 atom stereocenters. The maximum Gasteiger partial charge on any atom is 0.225 e. The molecule has 0 aliphatic rings. The minimum absolute atomic E-state index is 0.0334. The predicted molar refractivity (Wildman–Crippen MR) is 72.9 cm³/mol. The Morgan fingerprint density at radius 1 is 1.53 bits per heavy atom. The van der Waals surface area contributed by atoms with Gasteiger partial charge in [-0.1, -0.05) is 6.07 Å². The topological polar surface area (TPSA) is 72.7 Å². The average Bonchev–Trinajstić information content (AvgIpc) is 2.99. The minimum Gasteiger partial charge on any atom is -0.355 e. The highest BCUT2D eigenvalue weighted by Crippen LogP contribution is 2.08. The second-order valence-corrected chi connectivity index (χ2v) is 5.52. The fourth-order valence-corrected chi connectivity index (χ4v) is 2.43. The zero-order valence-corrected chi connectivity index (χ0v) is 11.9. The van der Waals surface area contributed by atoms with Crippen molar-refractivity contribution in [2.24, 2.45) is 0 Å². The third-order valence-electron chi connectivity index (χ3n) is 2.64. The molecular formula is C12H17N5OS. The van der Waals surface area contributed by atoms with Gasteiger partial charge >= 0.3 is 0 Å². The van der Waals surface area contributed by atoms with Crippen molar-refractivity contribution < 1.29 is 4.79 Å². The van der Waals surface area contributed by atoms with Gasteiger partial charge in [-0.15, -0.1) is 16.4 Å². The molecule has 1 N–H and O–H groups in total. The van der Waals surface area contributed by atoms with Gasteiger partial charge in [-0.3, -0.25) is 4.79 Å². The van der Waals surface area contributed by atoms with Gasteiger partial charge in [-0.05, 0) is 35.7 Å². The van der Waals surface area contributed by atoms with Gasteiger partial charge in [0.2, 0.25) is 5.91 Å². The molecule has 1 amide bonds. The zero-order chi connectivity index (χ0) is 13.7. The molecule has 6 nitrogen and oxygen atoms in total. The molecule has 19 heavy (non-hydrogen) atoms. The van der Waals surface area contributed by atoms with Crippen molar-refractivity contribution in [2.75, 3.05) is 6.54 Å². The molecule has 2 heterocycles. The number of hydrogen-bond donors (Lipinski definition) is 1. The third kappa shape index (κ3) is 3.85. The lowest BCUT2D eigenvalue weighted by Crippen LogP contribution is -2.27. The van der Waals surface area contributed by atoms with E-state index in [2.05, 4.69) is 20.8 Å². The molecule has 0 radical (unpaired) electrons. The molecule has 102 valence electrons. The quantitative estimate of drug-likeness (QED) is 0.863. The molecule has 0 unspecified atom stereocenters. The molecule has 0 aliphatic heterocycles. The summed E-state index contributed by atoms with van der Waals surface area (Å²) in [6.45, 7) is 4.60. The standard InChI is InChI=1S/C12H17N5OS/c1-9(2)17-11(14-15-16-17)5-6-13-12(18)8-10-4-3-7-19-10/h3-4,7,9H,5-6,8H2,1-2H3,(H,13,18). The maximum atomic E-state index is 11.7. The Labute approximate surface area is 115 Å². The number of aromatic nitrogens is 4. The summed E-state index contributed by atoms with van der Waals surface area (Å²) in [6, 6.07) is 4.14. The van der Waals surface area contributed by atoms with Crippen LogP contribution in [-0.2, 0) is 17.6 Å². The Hall–Kier alpha value is -1.76. The van der Waals surface area contributed by atoms with Gasteiger partial charge in [0, 0.05) is 17.8 Å². The van der Waals surface area contributed by atoms with Crippen molar-refractivity contribution in [3.05, 3.63) is 28.2 Å². The monoisotopic (exact) mass is 279 g/mol. The van der Waals surface area contributed by atoms with Gasteiger partial charge in [-0.25, -0.2) is 4.68 Å². The normalized spacial score (nSPS) is 10.9. The van der Waals surface area contributed by atoms with E-state index in [1.54, 1.807) is 16.0 Å². The summed E-state index contributed by atoms with van der Waals surface area (Å²) in [7, 11) is 0. The van der Waals surface area contributed by atoms with E-state index >= 15 is 0 Å². The van der Waals surface area contributed by atoms with E-state index in [9.17, 15) is 4.79 Å². The van der Waals surface area contributed by atoms with Crippen LogP contribution < -0.4 is 5.32 Å². The van der Waals surface area contributed by atoms with E-state index in [4.69, 9.17) is 0 Å². The summed E-state index contributed by atoms with van der Waals surface area (Å²) in [6.07, 6.45) is 1.08. The van der Waals surface area contributed by atoms with E-state index in [0.717, 1.165) is 10.7 Å². The van der Waals surface area contributed by atoms with Crippen molar-refractivity contribution in [1.29, 1.82) is 0 Å². The highest BCUT2D eigenvalue weighted by Gasteiger charge is 2.09. The Balaban J connectivity index is 1.77. The summed E-state index contributed by atoms with van der Waals surface area (Å²) in [5, 5.41) is 16.4. The molecule has 2 rings (SSSR count). The molecule has 0 saturated heterocycles. The van der Waals surface area contributed by atoms with E-state index < -0.39 is 0 Å². The lowest BCUT2D eigenvalue weighted by Gasteiger charge is -2.08. The summed E-state index contributed by atoms with van der Waals surface area (Å²) in [5.74, 6) is 0.831. The van der Waals surface area contributed by atoms with E-state index in [1.807, 2.05) is 31.4 Å². The number of carbonyl (C=O) groups excluding carboxylic acids is 1. The van der Waals surface area contributed by atoms with Crippen molar-refractivity contribution in [2.45, 2.75) is 32.7 Å². The molecule has 0 bridgehead atoms. The van der Waals surface area contributed by atoms with Crippen LogP contribution in [0.25, 0.3) is 0 Å². The highest BCUT2D eigenvalue weighted by molar-refractivity contribution is 7.10. The Morgan fingerprint density at radius 3 is 3.05 bits per heavy atom. The van der Waals surface area contributed by atoms with Gasteiger partial charge < -0.3 is 5.32 Å². The Morgan fingerprint density at radius 2 is 2.37 bits per heavy atom. The molecule has 0 aromatic carbocycles. The molecular weight excluding hydrogens is 262 g/mol. The van der Waals surface area contributed by atoms with Crippen LogP contribution in [-0.4, -0.2) is 32.7 Å². The van der Waals surface area contributed by atoms with Crippen molar-refractivity contribution in [1.82, 2.24) is 25.5 Å². The average molecular weight is 279 g/mol. The van der Waals surface area contributed by atoms with Crippen LogP contribution in [0.2, 0.25) is 0 Å². The number of tetrazole rings is 1. The van der Waals surface area contributed by atoms with E-state index in [0.29, 0.717) is 19.4 Å². The van der Waals surface area contributed by atoms with Crippen LogP contribution in [0.1, 0.15) is 30.6 Å². The number of rotatable bonds is 6. The van der Waals surface area contributed by atoms with Crippen molar-refractivity contribution in [3.63, 3.8) is 0 Å². The van der Waals surface area contributed by atoms with Crippen LogP contribution >= 0.6 is 11.3 Å². The number of nitrogens with zero attached hydrogens (tertiary/aromatic N) is 4. The van der Waals surface area contributed by atoms with Crippen molar-refractivity contribution in [3.8, 4) is 0 Å². The number of nitrogens with one attached hydrogen (secondary N) is 1. The number of amides is 1. The third-order valence-corrected chi connectivity index (χ3v) is 3.51. The Kier molecular flexibility index (Phi) is 4.62. The summed E-state index contributed by atoms with van der Waals surface area (Å²) in [4.78, 5) is 12.8. The first-order valence-corrected chi connectivity index (χ1v) is 7.10. The summed E-state index contributed by atoms with van der Waals surface area (Å²) >= 11 is 1.59. The highest BCUT2D eigenvalue weighted by atomic mass is 32.1. The number of hydrogen-bond acceptors (Lipinski definition) is 5. The molecule has 0 spiro atoms. The molecule has 7 heteroatoms. The molecule has 0 fully saturated rings. The van der Waals surface area contributed by atoms with Crippen LogP contribution in [0, 0.1) is 0 Å². The van der Waals surface area contributed by atoms with E-state index in [-0.39, 0.29) is 11.9 Å². The SMILES string of the molecule is CC(C)n1nnnc1CCNC(=O)Cc1cccs1. The first-order chi connectivity index (χ1) is 9.16. The Bertz CT molecular complexity index is 520. The van der Waals surface area contributed by atoms with Gasteiger partial charge in [-0.2, -0.15) is 0 Å². The van der Waals surface area contributed by atoms with Gasteiger partial charge in [0.15, 0.2) is 5.82 Å². The summed E-state index contributed by atoms with van der Waals surface area (Å²) in [5.41, 5.74) is 0. The molecule has 2 aromatic heterocycles. The van der Waals surface area contributed by atoms with Gasteiger partial charge in [0.05, 0.1) is 12.5 Å². The van der Waals surface area contributed by atoms with E-state index in [1.165, 1.54) is 0 Å². The van der Waals surface area contributed by atoms with Crippen LogP contribution in [0.5, 0.6) is 0 Å². The maximum absolute atomic E-state index is 11.7. The zero-order valence-electron chi connectivity index (χ0n) is 11.0. The van der Waals surface area contributed by atoms with Crippen molar-refractivity contribution >= 4 is 17.2 Å². The predicted octanol–water partition coefficient (Wildman–Crippen LogP) is 1.22. The second kappa shape index (κ2) is 6.42. The fraction of sp³-hybridized carbons (Fsp3) is 0.500. The molecule has 0 saturated carbocycles. The molecule has 0 aliphatic carbocycles. The van der Waals surface area contributed by atoms with Crippen LogP contribution in [0.4, 0.5) is 0 Å². The largest absolute Gasteiger partial charge is 0.355 e. The summed E-state index contributed by atoms with van der Waals surface area (Å²) < 4.78 is 1.77. The lowest BCUT2D eigenvalue weighted by molar-refractivity contribution is -0.120.